The van der Waals surface area contributed by atoms with E-state index >= 15 is 0 Å². The van der Waals surface area contributed by atoms with E-state index in [2.05, 4.69) is 55.4 Å². The maximum Gasteiger partial charge on any atom is -1.00 e. The predicted octanol–water partition coefficient (Wildman–Crippen LogP) is -0.403. The zero-order valence-electron chi connectivity index (χ0n) is 14.4. The van der Waals surface area contributed by atoms with Gasteiger partial charge in [-0.3, -0.25) is 0 Å². The SMILES string of the molecule is CC1=C(C)C(C)[C]([Ti+2][C]2=C(C)C(C)=C(C)C2C)=C1C.[Br-].[Br-]. The van der Waals surface area contributed by atoms with Crippen molar-refractivity contribution in [2.24, 2.45) is 11.8 Å². The topological polar surface area (TPSA) is 0 Å². The third-order valence-corrected chi connectivity index (χ3v) is 8.92. The summed E-state index contributed by atoms with van der Waals surface area (Å²) in [6.07, 6.45) is 0. The van der Waals surface area contributed by atoms with Crippen molar-refractivity contribution in [1.29, 1.82) is 0 Å². The molecule has 3 heteroatoms. The Balaban J connectivity index is 0.00000200. The molecule has 21 heavy (non-hydrogen) atoms. The molecular formula is C18H26Br2Ti. The van der Waals surface area contributed by atoms with E-state index < -0.39 is 0 Å². The first-order valence-corrected chi connectivity index (χ1v) is 8.87. The van der Waals surface area contributed by atoms with Gasteiger partial charge in [-0.25, -0.2) is 0 Å². The summed E-state index contributed by atoms with van der Waals surface area (Å²) in [4.78, 5) is 0. The van der Waals surface area contributed by atoms with Gasteiger partial charge in [-0.2, -0.15) is 0 Å². The largest absolute Gasteiger partial charge is 1.00 e. The van der Waals surface area contributed by atoms with Gasteiger partial charge in [0.2, 0.25) is 0 Å². The Labute approximate surface area is 160 Å². The molecule has 0 saturated heterocycles. The van der Waals surface area contributed by atoms with Crippen molar-refractivity contribution in [1.82, 2.24) is 0 Å². The van der Waals surface area contributed by atoms with Gasteiger partial charge in [0.15, 0.2) is 0 Å². The molecule has 2 rings (SSSR count). The normalized spacial score (nSPS) is 25.3. The third kappa shape index (κ3) is 3.60. The van der Waals surface area contributed by atoms with Crippen LogP contribution in [0.5, 0.6) is 0 Å². The van der Waals surface area contributed by atoms with Gasteiger partial charge < -0.3 is 34.0 Å². The fourth-order valence-electron chi connectivity index (χ4n) is 3.28. The Hall–Kier alpha value is 0.634. The average Bonchev–Trinajstić information content (AvgIpc) is 2.68. The van der Waals surface area contributed by atoms with Gasteiger partial charge in [0.1, 0.15) is 0 Å². The molecule has 0 bridgehead atoms. The summed E-state index contributed by atoms with van der Waals surface area (Å²) in [6, 6.07) is 0. The number of allylic oxidation sites excluding steroid dienone is 8. The van der Waals surface area contributed by atoms with E-state index in [1.54, 1.807) is 41.2 Å². The van der Waals surface area contributed by atoms with Crippen molar-refractivity contribution in [3.8, 4) is 0 Å². The quantitative estimate of drug-likeness (QED) is 0.503. The first-order chi connectivity index (χ1) is 8.77. The summed E-state index contributed by atoms with van der Waals surface area (Å²) >= 11 is -0.132. The van der Waals surface area contributed by atoms with E-state index in [1.807, 2.05) is 0 Å². The van der Waals surface area contributed by atoms with Crippen molar-refractivity contribution in [3.63, 3.8) is 0 Å². The molecule has 2 aliphatic rings. The second-order valence-corrected chi connectivity index (χ2v) is 8.33. The van der Waals surface area contributed by atoms with Gasteiger partial charge in [-0.05, 0) is 0 Å². The van der Waals surface area contributed by atoms with E-state index in [0.717, 1.165) is 0 Å². The molecule has 2 aliphatic carbocycles. The molecule has 0 nitrogen and oxygen atoms in total. The van der Waals surface area contributed by atoms with Crippen LogP contribution in [-0.2, 0) is 19.2 Å². The Bertz CT molecular complexity index is 512. The standard InChI is InChI=1S/2C9H13.2BrH.Ti/c2*1-6-5-7(2)9(4)8(6)3;;;/h2*6H,1-4H3;2*1H;/q;;;;+2/p-2. The first kappa shape index (κ1) is 21.6. The van der Waals surface area contributed by atoms with Crippen LogP contribution < -0.4 is 34.0 Å². The zero-order valence-corrected chi connectivity index (χ0v) is 19.1. The fourth-order valence-corrected chi connectivity index (χ4v) is 6.25. The minimum Gasteiger partial charge on any atom is -1.00 e. The maximum atomic E-state index is 2.40. The minimum absolute atomic E-state index is 0. The van der Waals surface area contributed by atoms with Crippen LogP contribution in [0.4, 0.5) is 0 Å². The predicted molar refractivity (Wildman–Crippen MR) is 80.5 cm³/mol. The molecule has 0 fully saturated rings. The van der Waals surface area contributed by atoms with Gasteiger partial charge in [-0.1, -0.05) is 0 Å². The molecule has 0 aliphatic heterocycles. The average molecular weight is 450 g/mol. The summed E-state index contributed by atoms with van der Waals surface area (Å²) < 4.78 is 3.55. The molecule has 0 N–H and O–H groups in total. The number of rotatable bonds is 2. The van der Waals surface area contributed by atoms with Crippen LogP contribution in [0, 0.1) is 11.8 Å². The van der Waals surface area contributed by atoms with Gasteiger partial charge in [0.05, 0.1) is 0 Å². The molecule has 0 saturated carbocycles. The molecule has 0 aromatic rings. The summed E-state index contributed by atoms with van der Waals surface area (Å²) in [7, 11) is 0. The molecule has 0 radical (unpaired) electrons. The van der Waals surface area contributed by atoms with Crippen LogP contribution in [0.15, 0.2) is 41.2 Å². The van der Waals surface area contributed by atoms with Gasteiger partial charge in [-0.15, -0.1) is 0 Å². The smallest absolute Gasteiger partial charge is 1.00 e. The number of halogens is 2. The molecular weight excluding hydrogens is 424 g/mol. The van der Waals surface area contributed by atoms with Crippen LogP contribution in [0.2, 0.25) is 0 Å². The summed E-state index contributed by atoms with van der Waals surface area (Å²) in [5.74, 6) is 1.38. The fraction of sp³-hybridized carbons (Fsp3) is 0.556. The number of hydrogen-bond donors (Lipinski definition) is 0. The second-order valence-electron chi connectivity index (χ2n) is 6.26. The first-order valence-electron chi connectivity index (χ1n) is 7.31. The van der Waals surface area contributed by atoms with E-state index in [4.69, 9.17) is 0 Å². The van der Waals surface area contributed by atoms with Crippen LogP contribution in [0.1, 0.15) is 55.4 Å². The monoisotopic (exact) mass is 448 g/mol. The Morgan fingerprint density at radius 3 is 1.05 bits per heavy atom. The molecule has 116 valence electrons. The number of hydrogen-bond acceptors (Lipinski definition) is 0. The van der Waals surface area contributed by atoms with Crippen molar-refractivity contribution in [2.75, 3.05) is 0 Å². The molecule has 0 amide bonds. The maximum absolute atomic E-state index is 2.40. The Morgan fingerprint density at radius 1 is 0.571 bits per heavy atom. The van der Waals surface area contributed by atoms with Crippen LogP contribution in [-0.4, -0.2) is 0 Å². The Morgan fingerprint density at radius 2 is 0.857 bits per heavy atom. The molecule has 0 aromatic carbocycles. The van der Waals surface area contributed by atoms with Crippen LogP contribution in [0.3, 0.4) is 0 Å². The van der Waals surface area contributed by atoms with Gasteiger partial charge >= 0.3 is 128 Å². The molecule has 0 heterocycles. The van der Waals surface area contributed by atoms with Crippen molar-refractivity contribution in [2.45, 2.75) is 55.4 Å². The van der Waals surface area contributed by atoms with E-state index in [9.17, 15) is 0 Å². The molecule has 2 atom stereocenters. The van der Waals surface area contributed by atoms with Crippen molar-refractivity contribution < 1.29 is 53.1 Å². The second kappa shape index (κ2) is 7.95. The van der Waals surface area contributed by atoms with Gasteiger partial charge in [0.25, 0.3) is 0 Å². The van der Waals surface area contributed by atoms with Crippen LogP contribution in [0.25, 0.3) is 0 Å². The molecule has 0 aromatic heterocycles. The van der Waals surface area contributed by atoms with Crippen molar-refractivity contribution >= 4 is 0 Å². The third-order valence-electron chi connectivity index (χ3n) is 5.55. The van der Waals surface area contributed by atoms with E-state index in [-0.39, 0.29) is 53.1 Å². The van der Waals surface area contributed by atoms with E-state index in [0.29, 0.717) is 11.8 Å². The Kier molecular flexibility index (Phi) is 8.19. The summed E-state index contributed by atoms with van der Waals surface area (Å²) in [5, 5.41) is 0. The molecule has 2 unspecified atom stereocenters. The molecule has 0 spiro atoms. The zero-order chi connectivity index (χ0) is 14.5. The van der Waals surface area contributed by atoms with E-state index in [1.165, 1.54) is 0 Å². The minimum atomic E-state index is -0.132. The van der Waals surface area contributed by atoms with Crippen LogP contribution >= 0.6 is 0 Å². The summed E-state index contributed by atoms with van der Waals surface area (Å²) in [6.45, 7) is 18.7. The van der Waals surface area contributed by atoms with Gasteiger partial charge in [0, 0.05) is 0 Å². The van der Waals surface area contributed by atoms with Crippen molar-refractivity contribution in [3.05, 3.63) is 41.2 Å². The summed E-state index contributed by atoms with van der Waals surface area (Å²) in [5.41, 5.74) is 9.50.